The van der Waals surface area contributed by atoms with E-state index in [1.165, 1.54) is 6.07 Å². The minimum atomic E-state index is -1.23. The highest BCUT2D eigenvalue weighted by Crippen LogP contribution is 2.48. The van der Waals surface area contributed by atoms with Crippen molar-refractivity contribution in [2.45, 2.75) is 58.6 Å². The van der Waals surface area contributed by atoms with Gasteiger partial charge in [-0.05, 0) is 64.8 Å². The smallest absolute Gasteiger partial charge is 0.337 e. The van der Waals surface area contributed by atoms with Gasteiger partial charge in [0, 0.05) is 23.1 Å². The Kier molecular flexibility index (Phi) is 6.48. The minimum absolute atomic E-state index is 0. The highest BCUT2D eigenvalue weighted by Gasteiger charge is 2.40. The van der Waals surface area contributed by atoms with Gasteiger partial charge in [-0.25, -0.2) is 14.5 Å². The van der Waals surface area contributed by atoms with E-state index in [0.29, 0.717) is 42.2 Å². The molecule has 0 saturated carbocycles. The van der Waals surface area contributed by atoms with Crippen molar-refractivity contribution >= 4 is 41.7 Å². The van der Waals surface area contributed by atoms with Crippen molar-refractivity contribution in [3.63, 3.8) is 0 Å². The summed E-state index contributed by atoms with van der Waals surface area (Å²) in [6.07, 6.45) is 1.34. The summed E-state index contributed by atoms with van der Waals surface area (Å²) in [7, 11) is 0. The number of nitrogens with one attached hydrogen (secondary N) is 1. The predicted molar refractivity (Wildman–Crippen MR) is 141 cm³/mol. The molecule has 3 amide bonds. The van der Waals surface area contributed by atoms with E-state index < -0.39 is 29.0 Å². The van der Waals surface area contributed by atoms with Crippen molar-refractivity contribution in [3.05, 3.63) is 52.1 Å². The monoisotopic (exact) mass is 527 g/mol. The lowest BCUT2D eigenvalue weighted by atomic mass is 9.80. The van der Waals surface area contributed by atoms with Crippen molar-refractivity contribution in [3.8, 4) is 11.5 Å². The average molecular weight is 528 g/mol. The Balaban J connectivity index is 0.00000320. The van der Waals surface area contributed by atoms with E-state index >= 15 is 0 Å². The van der Waals surface area contributed by atoms with Gasteiger partial charge in [-0.2, -0.15) is 0 Å². The molecule has 5 rings (SSSR count). The number of fused-ring (bicyclic) bond motifs is 3. The molecule has 1 fully saturated rings. The molecule has 0 radical (unpaired) electrons. The third kappa shape index (κ3) is 4.52. The number of amides is 3. The van der Waals surface area contributed by atoms with Crippen LogP contribution < -0.4 is 19.7 Å². The quantitative estimate of drug-likeness (QED) is 0.564. The Morgan fingerprint density at radius 2 is 1.92 bits per heavy atom. The Bertz CT molecular complexity index is 1350. The van der Waals surface area contributed by atoms with Crippen LogP contribution in [0.2, 0.25) is 0 Å². The zero-order chi connectivity index (χ0) is 26.0. The Morgan fingerprint density at radius 1 is 1.19 bits per heavy atom. The molecule has 0 aliphatic carbocycles. The summed E-state index contributed by atoms with van der Waals surface area (Å²) in [6, 6.07) is 6.03. The lowest BCUT2D eigenvalue weighted by Crippen LogP contribution is -2.33. The molecule has 0 aromatic heterocycles. The van der Waals surface area contributed by atoms with Crippen LogP contribution in [0.15, 0.2) is 29.3 Å². The SMILES string of the molecule is CCOc1cc2c(c3c1OC(C)(C)C3)C(c1ccc(C(=O)O)c(N3C(=O)CNC3=O)c1)=NC(C)(C)C2.Cl. The summed E-state index contributed by atoms with van der Waals surface area (Å²) in [4.78, 5) is 42.8. The molecule has 0 bridgehead atoms. The molecule has 0 unspecified atom stereocenters. The van der Waals surface area contributed by atoms with E-state index in [-0.39, 0.29) is 30.2 Å². The highest BCUT2D eigenvalue weighted by atomic mass is 35.5. The van der Waals surface area contributed by atoms with Gasteiger partial charge < -0.3 is 19.9 Å². The van der Waals surface area contributed by atoms with Gasteiger partial charge in [0.05, 0.1) is 35.7 Å². The van der Waals surface area contributed by atoms with Gasteiger partial charge in [-0.1, -0.05) is 6.07 Å². The van der Waals surface area contributed by atoms with Gasteiger partial charge in [0.15, 0.2) is 11.5 Å². The Labute approximate surface area is 221 Å². The minimum Gasteiger partial charge on any atom is -0.490 e. The molecular formula is C27H30ClN3O6. The van der Waals surface area contributed by atoms with Crippen molar-refractivity contribution in [1.29, 1.82) is 0 Å². The fourth-order valence-electron chi connectivity index (χ4n) is 5.25. The normalized spacial score (nSPS) is 18.7. The first-order chi connectivity index (χ1) is 16.9. The maximum Gasteiger partial charge on any atom is 0.337 e. The molecule has 2 aromatic rings. The van der Waals surface area contributed by atoms with Crippen LogP contribution in [0.1, 0.15) is 67.2 Å². The molecule has 3 heterocycles. The number of anilines is 1. The number of carboxylic acid groups (broad SMARTS) is 1. The molecule has 2 aromatic carbocycles. The van der Waals surface area contributed by atoms with E-state index in [1.54, 1.807) is 12.1 Å². The zero-order valence-electron chi connectivity index (χ0n) is 21.4. The third-order valence-electron chi connectivity index (χ3n) is 6.57. The van der Waals surface area contributed by atoms with Crippen molar-refractivity contribution in [2.24, 2.45) is 4.99 Å². The number of imide groups is 1. The van der Waals surface area contributed by atoms with Gasteiger partial charge in [-0.3, -0.25) is 9.79 Å². The maximum atomic E-state index is 12.5. The van der Waals surface area contributed by atoms with Gasteiger partial charge in [0.2, 0.25) is 0 Å². The summed E-state index contributed by atoms with van der Waals surface area (Å²) >= 11 is 0. The molecule has 0 atom stereocenters. The standard InChI is InChI=1S/C27H29N3O6.ClH/c1-6-35-19-10-15-11-26(2,3)29-22(21(15)17-12-27(4,5)36-23(17)19)14-7-8-16(24(32)33)18(9-14)30-20(31)13-28-25(30)34;/h7-10H,6,11-13H2,1-5H3,(H,28,34)(H,32,33);1H. The number of nitrogens with zero attached hydrogens (tertiary/aromatic N) is 2. The number of rotatable bonds is 5. The number of hydrogen-bond acceptors (Lipinski definition) is 6. The third-order valence-corrected chi connectivity index (χ3v) is 6.57. The molecule has 0 spiro atoms. The van der Waals surface area contributed by atoms with Gasteiger partial charge in [0.25, 0.3) is 5.91 Å². The van der Waals surface area contributed by atoms with Crippen LogP contribution in [0, 0.1) is 0 Å². The summed E-state index contributed by atoms with van der Waals surface area (Å²) < 4.78 is 12.3. The molecule has 37 heavy (non-hydrogen) atoms. The van der Waals surface area contributed by atoms with Crippen molar-refractivity contribution in [2.75, 3.05) is 18.1 Å². The number of ether oxygens (including phenoxy) is 2. The molecular weight excluding hydrogens is 498 g/mol. The van der Waals surface area contributed by atoms with Crippen LogP contribution >= 0.6 is 12.4 Å². The topological polar surface area (TPSA) is 118 Å². The van der Waals surface area contributed by atoms with Crippen LogP contribution in [0.25, 0.3) is 0 Å². The average Bonchev–Trinajstić information content (AvgIpc) is 3.29. The van der Waals surface area contributed by atoms with E-state index in [1.807, 2.05) is 40.7 Å². The predicted octanol–water partition coefficient (Wildman–Crippen LogP) is 4.15. The van der Waals surface area contributed by atoms with Gasteiger partial charge in [0.1, 0.15) is 5.60 Å². The fourth-order valence-corrected chi connectivity index (χ4v) is 5.25. The summed E-state index contributed by atoms with van der Waals surface area (Å²) in [5, 5.41) is 12.2. The second kappa shape index (κ2) is 9.06. The lowest BCUT2D eigenvalue weighted by molar-refractivity contribution is -0.115. The second-order valence-corrected chi connectivity index (χ2v) is 10.6. The molecule has 10 heteroatoms. The van der Waals surface area contributed by atoms with E-state index in [0.717, 1.165) is 21.6 Å². The number of halogens is 1. The maximum absolute atomic E-state index is 12.5. The molecule has 3 aliphatic heterocycles. The first-order valence-electron chi connectivity index (χ1n) is 12.0. The van der Waals surface area contributed by atoms with Crippen molar-refractivity contribution < 1.29 is 29.0 Å². The summed E-state index contributed by atoms with van der Waals surface area (Å²) in [5.41, 5.74) is 3.29. The number of carbonyl (C=O) groups is 3. The summed E-state index contributed by atoms with van der Waals surface area (Å²) in [6.45, 7) is 10.4. The number of carbonyl (C=O) groups excluding carboxylic acids is 2. The molecule has 1 saturated heterocycles. The molecule has 2 N–H and O–H groups in total. The van der Waals surface area contributed by atoms with Crippen LogP contribution in [0.3, 0.4) is 0 Å². The number of aliphatic imine (C=N–C) groups is 1. The van der Waals surface area contributed by atoms with Gasteiger partial charge >= 0.3 is 12.0 Å². The molecule has 3 aliphatic rings. The zero-order valence-corrected chi connectivity index (χ0v) is 22.2. The van der Waals surface area contributed by atoms with E-state index in [9.17, 15) is 19.5 Å². The highest BCUT2D eigenvalue weighted by molar-refractivity contribution is 6.23. The lowest BCUT2D eigenvalue weighted by Gasteiger charge is -2.31. The van der Waals surface area contributed by atoms with Crippen LogP contribution in [0.5, 0.6) is 11.5 Å². The molecule has 196 valence electrons. The first kappa shape index (κ1) is 26.5. The van der Waals surface area contributed by atoms with Crippen LogP contribution in [-0.4, -0.2) is 53.0 Å². The van der Waals surface area contributed by atoms with Crippen molar-refractivity contribution in [1.82, 2.24) is 5.32 Å². The largest absolute Gasteiger partial charge is 0.490 e. The summed E-state index contributed by atoms with van der Waals surface area (Å²) in [5.74, 6) is -0.337. The Hall–Kier alpha value is -3.59. The number of aromatic carboxylic acids is 1. The fraction of sp³-hybridized carbons (Fsp3) is 0.407. The number of hydrogen-bond donors (Lipinski definition) is 2. The number of benzene rings is 2. The van der Waals surface area contributed by atoms with Crippen LogP contribution in [0.4, 0.5) is 10.5 Å². The van der Waals surface area contributed by atoms with Gasteiger partial charge in [-0.15, -0.1) is 12.4 Å². The Morgan fingerprint density at radius 3 is 2.54 bits per heavy atom. The molecule has 9 nitrogen and oxygen atoms in total. The number of carboxylic acids is 1. The van der Waals surface area contributed by atoms with E-state index in [2.05, 4.69) is 5.32 Å². The van der Waals surface area contributed by atoms with E-state index in [4.69, 9.17) is 14.5 Å². The second-order valence-electron chi connectivity index (χ2n) is 10.6. The first-order valence-corrected chi connectivity index (χ1v) is 12.0. The van der Waals surface area contributed by atoms with Crippen LogP contribution in [-0.2, 0) is 17.6 Å². The number of urea groups is 1.